The first-order valence-electron chi connectivity index (χ1n) is 11.8. The number of hydrogen-bond acceptors (Lipinski definition) is 8. The number of aliphatic hydroxyl groups excluding tert-OH is 3. The molecular weight excluding hydrogens is 458 g/mol. The summed E-state index contributed by atoms with van der Waals surface area (Å²) in [4.78, 5) is 13.2. The number of benzene rings is 4. The van der Waals surface area contributed by atoms with E-state index in [0.717, 1.165) is 5.56 Å². The average Bonchev–Trinajstić information content (AvgIpc) is 3.47. The highest BCUT2D eigenvalue weighted by Crippen LogP contribution is 2.36. The molecule has 7 rings (SSSR count). The van der Waals surface area contributed by atoms with Crippen molar-refractivity contribution in [3.05, 3.63) is 72.8 Å². The van der Waals surface area contributed by atoms with Gasteiger partial charge in [0.15, 0.2) is 23.2 Å². The standard InChI is InChI=1S/C27H23N5O4/c33-11-19-23(34)24(35)27(36-19)32-13-31-22-25(29-12-30-26(22)32)28-10-17-7-6-16-5-4-14-2-1-3-15-8-9-18(17)21(16)20(14)15/h1-9,12-13,19,23-24,27,33-35H,10-11H2,(H,28,29,30)/t19-,23+,24?,27-/m1/s1. The zero-order chi connectivity index (χ0) is 24.4. The lowest BCUT2D eigenvalue weighted by atomic mass is 9.92. The number of rotatable bonds is 5. The van der Waals surface area contributed by atoms with Crippen molar-refractivity contribution in [2.75, 3.05) is 11.9 Å². The lowest BCUT2D eigenvalue weighted by Gasteiger charge is -2.16. The second-order valence-electron chi connectivity index (χ2n) is 9.21. The molecule has 9 nitrogen and oxygen atoms in total. The Kier molecular flexibility index (Phi) is 4.80. The third-order valence-electron chi connectivity index (χ3n) is 7.22. The van der Waals surface area contributed by atoms with E-state index in [1.807, 2.05) is 0 Å². The van der Waals surface area contributed by atoms with Crippen molar-refractivity contribution in [2.24, 2.45) is 0 Å². The lowest BCUT2D eigenvalue weighted by molar-refractivity contribution is -0.0511. The Morgan fingerprint density at radius 2 is 1.61 bits per heavy atom. The van der Waals surface area contributed by atoms with Crippen LogP contribution in [-0.2, 0) is 11.3 Å². The highest BCUT2D eigenvalue weighted by Gasteiger charge is 2.44. The Hall–Kier alpha value is -3.89. The van der Waals surface area contributed by atoms with Crippen molar-refractivity contribution in [1.29, 1.82) is 0 Å². The van der Waals surface area contributed by atoms with E-state index in [9.17, 15) is 15.3 Å². The fraction of sp³-hybridized carbons (Fsp3) is 0.222. The molecule has 0 radical (unpaired) electrons. The van der Waals surface area contributed by atoms with Gasteiger partial charge >= 0.3 is 0 Å². The molecule has 4 N–H and O–H groups in total. The molecular formula is C27H23N5O4. The van der Waals surface area contributed by atoms with Crippen molar-refractivity contribution in [1.82, 2.24) is 19.5 Å². The molecule has 3 heterocycles. The quantitative estimate of drug-likeness (QED) is 0.277. The minimum absolute atomic E-state index is 0.400. The Bertz CT molecular complexity index is 1720. The SMILES string of the molecule is OC[C@H]1O[C@@H](n2cnc3c(NCc4ccc5ccc6cccc7ccc4c5c67)ncnc32)C(O)[C@H]1O. The summed E-state index contributed by atoms with van der Waals surface area (Å²) in [5.74, 6) is 0.552. The lowest BCUT2D eigenvalue weighted by Crippen LogP contribution is -2.33. The Morgan fingerprint density at radius 1 is 0.861 bits per heavy atom. The molecule has 4 atom stereocenters. The van der Waals surface area contributed by atoms with Gasteiger partial charge < -0.3 is 25.4 Å². The van der Waals surface area contributed by atoms with E-state index in [0.29, 0.717) is 23.5 Å². The number of nitrogens with one attached hydrogen (secondary N) is 1. The number of anilines is 1. The van der Waals surface area contributed by atoms with Gasteiger partial charge in [-0.2, -0.15) is 0 Å². The van der Waals surface area contributed by atoms with Gasteiger partial charge in [-0.05, 0) is 37.9 Å². The number of aliphatic hydroxyl groups is 3. The first-order valence-corrected chi connectivity index (χ1v) is 11.8. The van der Waals surface area contributed by atoms with Crippen LogP contribution in [0, 0.1) is 0 Å². The third-order valence-corrected chi connectivity index (χ3v) is 7.22. The minimum atomic E-state index is -1.22. The van der Waals surface area contributed by atoms with Gasteiger partial charge in [0.2, 0.25) is 0 Å². The molecule has 9 heteroatoms. The van der Waals surface area contributed by atoms with Crippen LogP contribution in [0.25, 0.3) is 43.5 Å². The summed E-state index contributed by atoms with van der Waals surface area (Å²) in [6.45, 7) is 0.128. The van der Waals surface area contributed by atoms with E-state index >= 15 is 0 Å². The minimum Gasteiger partial charge on any atom is -0.394 e. The molecule has 36 heavy (non-hydrogen) atoms. The first-order chi connectivity index (χ1) is 17.6. The molecule has 1 aliphatic rings. The predicted molar refractivity (Wildman–Crippen MR) is 136 cm³/mol. The van der Waals surface area contributed by atoms with Gasteiger partial charge in [0.25, 0.3) is 0 Å². The monoisotopic (exact) mass is 481 g/mol. The van der Waals surface area contributed by atoms with Crippen LogP contribution in [0.15, 0.2) is 67.3 Å². The molecule has 4 aromatic carbocycles. The summed E-state index contributed by atoms with van der Waals surface area (Å²) < 4.78 is 7.21. The molecule has 180 valence electrons. The Morgan fingerprint density at radius 3 is 2.39 bits per heavy atom. The van der Waals surface area contributed by atoms with Gasteiger partial charge in [0.05, 0.1) is 12.9 Å². The molecule has 1 fully saturated rings. The molecule has 1 unspecified atom stereocenters. The maximum atomic E-state index is 10.4. The largest absolute Gasteiger partial charge is 0.394 e. The maximum Gasteiger partial charge on any atom is 0.167 e. The Balaban J connectivity index is 1.24. The molecule has 0 amide bonds. The second kappa shape index (κ2) is 8.07. The molecule has 0 bridgehead atoms. The van der Waals surface area contributed by atoms with E-state index < -0.39 is 31.1 Å². The first kappa shape index (κ1) is 21.4. The molecule has 0 saturated carbocycles. The Labute approximate surface area is 205 Å². The number of hydrogen-bond donors (Lipinski definition) is 4. The van der Waals surface area contributed by atoms with E-state index in [1.54, 1.807) is 4.57 Å². The molecule has 0 spiro atoms. The van der Waals surface area contributed by atoms with Crippen molar-refractivity contribution >= 4 is 49.3 Å². The van der Waals surface area contributed by atoms with Crippen LogP contribution in [0.1, 0.15) is 11.8 Å². The van der Waals surface area contributed by atoms with Gasteiger partial charge in [0.1, 0.15) is 24.6 Å². The topological polar surface area (TPSA) is 126 Å². The summed E-state index contributed by atoms with van der Waals surface area (Å²) in [6.07, 6.45) is -1.29. The van der Waals surface area contributed by atoms with Crippen LogP contribution in [0.5, 0.6) is 0 Å². The number of fused-ring (bicyclic) bond motifs is 1. The van der Waals surface area contributed by atoms with Crippen molar-refractivity contribution in [3.8, 4) is 0 Å². The molecule has 6 aromatic rings. The fourth-order valence-corrected chi connectivity index (χ4v) is 5.41. The summed E-state index contributed by atoms with van der Waals surface area (Å²) in [5, 5.41) is 40.8. The van der Waals surface area contributed by atoms with Crippen molar-refractivity contribution < 1.29 is 20.1 Å². The zero-order valence-electron chi connectivity index (χ0n) is 19.1. The number of ether oxygens (including phenoxy) is 1. The summed E-state index contributed by atoms with van der Waals surface area (Å²) in [6, 6.07) is 19.3. The van der Waals surface area contributed by atoms with Crippen LogP contribution in [-0.4, -0.2) is 59.8 Å². The second-order valence-corrected chi connectivity index (χ2v) is 9.21. The van der Waals surface area contributed by atoms with Gasteiger partial charge in [-0.15, -0.1) is 0 Å². The highest BCUT2D eigenvalue weighted by atomic mass is 16.6. The normalized spacial score (nSPS) is 22.4. The van der Waals surface area contributed by atoms with Crippen LogP contribution < -0.4 is 5.32 Å². The molecule has 1 saturated heterocycles. The van der Waals surface area contributed by atoms with Gasteiger partial charge in [-0.3, -0.25) is 4.57 Å². The van der Waals surface area contributed by atoms with Gasteiger partial charge in [0, 0.05) is 6.54 Å². The zero-order valence-corrected chi connectivity index (χ0v) is 19.1. The number of nitrogens with zero attached hydrogens (tertiary/aromatic N) is 4. The molecule has 1 aliphatic heterocycles. The van der Waals surface area contributed by atoms with Crippen LogP contribution in [0.2, 0.25) is 0 Å². The number of imidazole rings is 1. The summed E-state index contributed by atoms with van der Waals surface area (Å²) in [7, 11) is 0. The van der Waals surface area contributed by atoms with E-state index in [-0.39, 0.29) is 0 Å². The predicted octanol–water partition coefficient (Wildman–Crippen LogP) is 2.95. The highest BCUT2D eigenvalue weighted by molar-refractivity contribution is 6.23. The van der Waals surface area contributed by atoms with Crippen LogP contribution >= 0.6 is 0 Å². The number of aromatic nitrogens is 4. The fourth-order valence-electron chi connectivity index (χ4n) is 5.41. The van der Waals surface area contributed by atoms with Crippen LogP contribution in [0.4, 0.5) is 5.82 Å². The molecule has 0 aliphatic carbocycles. The van der Waals surface area contributed by atoms with Crippen molar-refractivity contribution in [2.45, 2.75) is 31.1 Å². The maximum absolute atomic E-state index is 10.4. The molecule has 2 aromatic heterocycles. The van der Waals surface area contributed by atoms with Gasteiger partial charge in [-0.25, -0.2) is 15.0 Å². The third kappa shape index (κ3) is 3.07. The van der Waals surface area contributed by atoms with E-state index in [4.69, 9.17) is 4.74 Å². The van der Waals surface area contributed by atoms with Gasteiger partial charge in [-0.1, -0.05) is 54.6 Å². The van der Waals surface area contributed by atoms with E-state index in [1.165, 1.54) is 45.0 Å². The summed E-state index contributed by atoms with van der Waals surface area (Å²) >= 11 is 0. The van der Waals surface area contributed by atoms with E-state index in [2.05, 4.69) is 74.9 Å². The van der Waals surface area contributed by atoms with Crippen LogP contribution in [0.3, 0.4) is 0 Å². The summed E-state index contributed by atoms with van der Waals surface area (Å²) in [5.41, 5.74) is 2.11. The average molecular weight is 482 g/mol. The smallest absolute Gasteiger partial charge is 0.167 e. The van der Waals surface area contributed by atoms with Crippen molar-refractivity contribution in [3.63, 3.8) is 0 Å².